The zero-order valence-corrected chi connectivity index (χ0v) is 12.3. The van der Waals surface area contributed by atoms with Gasteiger partial charge in [0.2, 0.25) is 0 Å². The molecule has 5 heteroatoms. The Balaban J connectivity index is 0.00000162. The molecule has 1 aromatic rings. The predicted octanol–water partition coefficient (Wildman–Crippen LogP) is 2.53. The molecule has 3 nitrogen and oxygen atoms in total. The molecule has 0 spiro atoms. The van der Waals surface area contributed by atoms with E-state index in [1.54, 1.807) is 0 Å². The van der Waals surface area contributed by atoms with E-state index in [1.165, 1.54) is 0 Å². The molecule has 1 saturated heterocycles. The molecule has 19 heavy (non-hydrogen) atoms. The van der Waals surface area contributed by atoms with Crippen LogP contribution in [0, 0.1) is 11.3 Å². The number of nitrogens with zero attached hydrogens (tertiary/aromatic N) is 2. The van der Waals surface area contributed by atoms with Gasteiger partial charge in [-0.2, -0.15) is 5.26 Å². The molecule has 0 amide bonds. The first-order valence-electron chi connectivity index (χ1n) is 5.92. The minimum atomic E-state index is 0. The molecule has 0 bridgehead atoms. The second-order valence-corrected chi connectivity index (χ2v) is 4.20. The van der Waals surface area contributed by atoms with E-state index in [0.717, 1.165) is 31.7 Å². The lowest BCUT2D eigenvalue weighted by Crippen LogP contribution is -2.44. The van der Waals surface area contributed by atoms with Crippen LogP contribution in [-0.2, 0) is 0 Å². The molecule has 0 aliphatic carbocycles. The zero-order valence-electron chi connectivity index (χ0n) is 10.7. The Kier molecular flexibility index (Phi) is 8.46. The fraction of sp³-hybridized carbons (Fsp3) is 0.357. The Bertz CT molecular complexity index is 437. The average Bonchev–Trinajstić information content (AvgIpc) is 2.41. The smallest absolute Gasteiger partial charge is 0.0991 e. The van der Waals surface area contributed by atoms with Gasteiger partial charge in [-0.05, 0) is 17.7 Å². The number of piperazine rings is 1. The number of rotatable bonds is 3. The maximum absolute atomic E-state index is 8.93. The molecular formula is C14H19Cl2N3. The summed E-state index contributed by atoms with van der Waals surface area (Å²) in [5, 5.41) is 12.3. The van der Waals surface area contributed by atoms with Crippen molar-refractivity contribution in [3.63, 3.8) is 0 Å². The quantitative estimate of drug-likeness (QED) is 0.872. The first kappa shape index (κ1) is 17.9. The number of hydrogen-bond donors (Lipinski definition) is 1. The summed E-state index contributed by atoms with van der Waals surface area (Å²) in [6, 6.07) is 10.2. The van der Waals surface area contributed by atoms with Crippen LogP contribution in [0.5, 0.6) is 0 Å². The van der Waals surface area contributed by atoms with Crippen molar-refractivity contribution in [2.24, 2.45) is 0 Å². The van der Waals surface area contributed by atoms with Crippen LogP contribution in [0.15, 0.2) is 36.9 Å². The van der Waals surface area contributed by atoms with E-state index in [2.05, 4.69) is 28.9 Å². The topological polar surface area (TPSA) is 39.1 Å². The van der Waals surface area contributed by atoms with Crippen molar-refractivity contribution >= 4 is 24.8 Å². The van der Waals surface area contributed by atoms with Crippen molar-refractivity contribution in [2.75, 3.05) is 26.2 Å². The zero-order chi connectivity index (χ0) is 12.1. The normalized spacial score (nSPS) is 16.4. The third kappa shape index (κ3) is 4.52. The third-order valence-electron chi connectivity index (χ3n) is 3.13. The highest BCUT2D eigenvalue weighted by molar-refractivity contribution is 5.85. The number of nitrogens with one attached hydrogen (secondary N) is 1. The van der Waals surface area contributed by atoms with Crippen LogP contribution in [0.4, 0.5) is 0 Å². The first-order chi connectivity index (χ1) is 8.35. The van der Waals surface area contributed by atoms with Crippen LogP contribution in [-0.4, -0.2) is 31.1 Å². The van der Waals surface area contributed by atoms with Gasteiger partial charge in [-0.25, -0.2) is 0 Å². The molecule has 1 aromatic carbocycles. The van der Waals surface area contributed by atoms with Gasteiger partial charge in [0.1, 0.15) is 0 Å². The van der Waals surface area contributed by atoms with Crippen LogP contribution in [0.1, 0.15) is 17.2 Å². The molecule has 104 valence electrons. The third-order valence-corrected chi connectivity index (χ3v) is 3.13. The van der Waals surface area contributed by atoms with Gasteiger partial charge in [0, 0.05) is 26.2 Å². The lowest BCUT2D eigenvalue weighted by Gasteiger charge is -2.33. The highest BCUT2D eigenvalue weighted by Crippen LogP contribution is 2.22. The van der Waals surface area contributed by atoms with E-state index >= 15 is 0 Å². The maximum atomic E-state index is 8.93. The molecule has 1 heterocycles. The van der Waals surface area contributed by atoms with E-state index in [4.69, 9.17) is 5.26 Å². The van der Waals surface area contributed by atoms with Crippen molar-refractivity contribution in [3.05, 3.63) is 48.0 Å². The molecule has 1 aliphatic rings. The Morgan fingerprint density at radius 1 is 1.32 bits per heavy atom. The molecular weight excluding hydrogens is 281 g/mol. The van der Waals surface area contributed by atoms with Gasteiger partial charge in [-0.15, -0.1) is 31.4 Å². The van der Waals surface area contributed by atoms with E-state index < -0.39 is 0 Å². The molecule has 0 unspecified atom stereocenters. The minimum absolute atomic E-state index is 0. The number of hydrogen-bond acceptors (Lipinski definition) is 3. The number of benzene rings is 1. The molecule has 0 aromatic heterocycles. The van der Waals surface area contributed by atoms with Crippen LogP contribution in [0.25, 0.3) is 0 Å². The van der Waals surface area contributed by atoms with Gasteiger partial charge < -0.3 is 5.32 Å². The highest BCUT2D eigenvalue weighted by atomic mass is 35.5. The van der Waals surface area contributed by atoms with Crippen molar-refractivity contribution in [3.8, 4) is 6.07 Å². The van der Waals surface area contributed by atoms with Crippen LogP contribution in [0.3, 0.4) is 0 Å². The second-order valence-electron chi connectivity index (χ2n) is 4.20. The summed E-state index contributed by atoms with van der Waals surface area (Å²) in [4.78, 5) is 2.39. The van der Waals surface area contributed by atoms with Gasteiger partial charge in [-0.3, -0.25) is 4.90 Å². The van der Waals surface area contributed by atoms with Crippen molar-refractivity contribution in [1.82, 2.24) is 10.2 Å². The molecule has 2 rings (SSSR count). The molecule has 1 fully saturated rings. The first-order valence-corrected chi connectivity index (χ1v) is 5.92. The van der Waals surface area contributed by atoms with Crippen molar-refractivity contribution < 1.29 is 0 Å². The summed E-state index contributed by atoms with van der Waals surface area (Å²) < 4.78 is 0. The van der Waals surface area contributed by atoms with E-state index in [0.29, 0.717) is 5.56 Å². The number of nitriles is 1. The van der Waals surface area contributed by atoms with Gasteiger partial charge in [0.25, 0.3) is 0 Å². The van der Waals surface area contributed by atoms with Gasteiger partial charge in [0.05, 0.1) is 17.7 Å². The molecule has 0 radical (unpaired) electrons. The van der Waals surface area contributed by atoms with Crippen molar-refractivity contribution in [1.29, 1.82) is 5.26 Å². The fourth-order valence-corrected chi connectivity index (χ4v) is 2.25. The Morgan fingerprint density at radius 3 is 2.58 bits per heavy atom. The van der Waals surface area contributed by atoms with E-state index in [1.807, 2.05) is 24.3 Å². The van der Waals surface area contributed by atoms with Crippen molar-refractivity contribution in [2.45, 2.75) is 6.04 Å². The van der Waals surface area contributed by atoms with Crippen LogP contribution in [0.2, 0.25) is 0 Å². The summed E-state index contributed by atoms with van der Waals surface area (Å²) in [7, 11) is 0. The molecule has 1 aliphatic heterocycles. The monoisotopic (exact) mass is 299 g/mol. The highest BCUT2D eigenvalue weighted by Gasteiger charge is 2.19. The Hall–Kier alpha value is -1.05. The van der Waals surface area contributed by atoms with E-state index in [-0.39, 0.29) is 30.9 Å². The number of halogens is 2. The summed E-state index contributed by atoms with van der Waals surface area (Å²) in [6.45, 7) is 8.00. The summed E-state index contributed by atoms with van der Waals surface area (Å²) in [6.07, 6.45) is 1.96. The van der Waals surface area contributed by atoms with Crippen LogP contribution >= 0.6 is 24.8 Å². The molecule has 1 atom stereocenters. The average molecular weight is 300 g/mol. The largest absolute Gasteiger partial charge is 0.314 e. The van der Waals surface area contributed by atoms with Crippen LogP contribution < -0.4 is 5.32 Å². The predicted molar refractivity (Wildman–Crippen MR) is 83.0 cm³/mol. The second kappa shape index (κ2) is 8.95. The van der Waals surface area contributed by atoms with E-state index in [9.17, 15) is 0 Å². The summed E-state index contributed by atoms with van der Waals surface area (Å²) >= 11 is 0. The Morgan fingerprint density at radius 2 is 2.00 bits per heavy atom. The summed E-state index contributed by atoms with van der Waals surface area (Å²) in [5.74, 6) is 0. The SMILES string of the molecule is C=C[C@@H](c1cccc(C#N)c1)N1CCNCC1.Cl.Cl. The van der Waals surface area contributed by atoms with Gasteiger partial charge in [-0.1, -0.05) is 18.2 Å². The van der Waals surface area contributed by atoms with Gasteiger partial charge in [0.15, 0.2) is 0 Å². The minimum Gasteiger partial charge on any atom is -0.314 e. The summed E-state index contributed by atoms with van der Waals surface area (Å²) in [5.41, 5.74) is 1.87. The maximum Gasteiger partial charge on any atom is 0.0991 e. The Labute approximate surface area is 127 Å². The molecule has 1 N–H and O–H groups in total. The molecule has 0 saturated carbocycles. The lowest BCUT2D eigenvalue weighted by molar-refractivity contribution is 0.203. The lowest BCUT2D eigenvalue weighted by atomic mass is 10.0. The fourth-order valence-electron chi connectivity index (χ4n) is 2.25. The van der Waals surface area contributed by atoms with Gasteiger partial charge >= 0.3 is 0 Å². The standard InChI is InChI=1S/C14H17N3.2ClH/c1-2-14(17-8-6-16-7-9-17)13-5-3-4-12(10-13)11-15;;/h2-5,10,14,16H,1,6-9H2;2*1H/t14-;;/m0../s1.